The van der Waals surface area contributed by atoms with Gasteiger partial charge in [-0.2, -0.15) is 0 Å². The minimum atomic E-state index is -3.77. The summed E-state index contributed by atoms with van der Waals surface area (Å²) in [5, 5.41) is 0. The lowest BCUT2D eigenvalue weighted by Gasteiger charge is -1.99. The summed E-state index contributed by atoms with van der Waals surface area (Å²) in [4.78, 5) is 8.21. The molecule has 0 bridgehead atoms. The van der Waals surface area contributed by atoms with Crippen LogP contribution in [0.15, 0.2) is 12.3 Å². The maximum Gasteiger partial charge on any atom is 0.452 e. The van der Waals surface area contributed by atoms with Gasteiger partial charge in [0, 0.05) is 0 Å². The highest BCUT2D eigenvalue weighted by molar-refractivity contribution is 7.50. The second kappa shape index (κ2) is 2.87. The van der Waals surface area contributed by atoms with Crippen molar-refractivity contribution in [3.8, 4) is 0 Å². The Kier molecular flexibility index (Phi) is 2.76. The van der Waals surface area contributed by atoms with Gasteiger partial charge in [-0.1, -0.05) is 6.08 Å². The first-order valence-corrected chi connectivity index (χ1v) is 3.62. The number of allylic oxidation sites excluding steroid dienone is 1. The van der Waals surface area contributed by atoms with E-state index in [4.69, 9.17) is 4.89 Å². The Bertz CT molecular complexity index is 126. The molecule has 0 fully saturated rings. The third kappa shape index (κ3) is 5.69. The first-order chi connectivity index (χ1) is 3.56. The van der Waals surface area contributed by atoms with E-state index in [1.165, 1.54) is 6.08 Å². The second-order valence-corrected chi connectivity index (χ2v) is 2.48. The van der Waals surface area contributed by atoms with E-state index in [9.17, 15) is 4.57 Å². The zero-order valence-corrected chi connectivity index (χ0v) is 5.34. The van der Waals surface area contributed by atoms with Gasteiger partial charge in [-0.05, 0) is 6.92 Å². The molecule has 0 aromatic rings. The summed E-state index contributed by atoms with van der Waals surface area (Å²) in [6, 6.07) is 0. The van der Waals surface area contributed by atoms with Crippen LogP contribution in [-0.2, 0) is 9.09 Å². The van der Waals surface area contributed by atoms with Crippen LogP contribution in [0, 0.1) is 0 Å². The van der Waals surface area contributed by atoms with Crippen molar-refractivity contribution in [2.45, 2.75) is 6.92 Å². The van der Waals surface area contributed by atoms with Crippen LogP contribution in [0.5, 0.6) is 0 Å². The molecule has 0 aliphatic carbocycles. The van der Waals surface area contributed by atoms with Crippen molar-refractivity contribution in [1.82, 2.24) is 0 Å². The van der Waals surface area contributed by atoms with Gasteiger partial charge in [0.25, 0.3) is 0 Å². The average molecular weight is 137 g/mol. The van der Waals surface area contributed by atoms with E-state index < -0.39 is 7.75 Å². The molecule has 0 aliphatic heterocycles. The van der Waals surface area contributed by atoms with Crippen molar-refractivity contribution in [3.05, 3.63) is 12.3 Å². The van der Waals surface area contributed by atoms with Gasteiger partial charge in [-0.3, -0.25) is 0 Å². The zero-order valence-electron chi connectivity index (χ0n) is 4.44. The predicted molar refractivity (Wildman–Crippen MR) is 29.9 cm³/mol. The van der Waals surface area contributed by atoms with Crippen molar-refractivity contribution in [3.63, 3.8) is 0 Å². The Balaban J connectivity index is 3.57. The number of hydrogen-bond acceptors (Lipinski definition) is 2. The van der Waals surface area contributed by atoms with E-state index in [0.29, 0.717) is 0 Å². The molecule has 0 amide bonds. The van der Waals surface area contributed by atoms with E-state index >= 15 is 0 Å². The fourth-order valence-corrected chi connectivity index (χ4v) is 0.444. The number of hydrogen-bond donors (Lipinski definition) is 2. The third-order valence-corrected chi connectivity index (χ3v) is 0.772. The van der Waals surface area contributed by atoms with Gasteiger partial charge in [0.05, 0.1) is 6.26 Å². The van der Waals surface area contributed by atoms with Crippen LogP contribution in [-0.4, -0.2) is 4.89 Å². The summed E-state index contributed by atoms with van der Waals surface area (Å²) < 4.78 is 14.1. The summed E-state index contributed by atoms with van der Waals surface area (Å²) in [6.07, 6.45) is 2.54. The summed E-state index contributed by atoms with van der Waals surface area (Å²) in [5.41, 5.74) is 4.56. The van der Waals surface area contributed by atoms with E-state index in [0.717, 1.165) is 6.26 Å². The van der Waals surface area contributed by atoms with Crippen LogP contribution in [0.2, 0.25) is 0 Å². The Morgan fingerprint density at radius 2 is 2.38 bits per heavy atom. The molecule has 0 spiro atoms. The molecular formula is C3H8NO3P. The minimum Gasteiger partial charge on any atom is -0.422 e. The Hall–Kier alpha value is -0.310. The maximum atomic E-state index is 10.0. The lowest BCUT2D eigenvalue weighted by molar-refractivity contribution is 0.349. The van der Waals surface area contributed by atoms with Crippen LogP contribution in [0.25, 0.3) is 0 Å². The van der Waals surface area contributed by atoms with Gasteiger partial charge in [0.2, 0.25) is 0 Å². The first kappa shape index (κ1) is 7.69. The Morgan fingerprint density at radius 3 is 2.50 bits per heavy atom. The predicted octanol–water partition coefficient (Wildman–Crippen LogP) is 0.596. The molecule has 5 heteroatoms. The molecule has 0 radical (unpaired) electrons. The highest BCUT2D eigenvalue weighted by Gasteiger charge is 2.06. The van der Waals surface area contributed by atoms with Gasteiger partial charge in [-0.15, -0.1) is 0 Å². The molecule has 1 atom stereocenters. The molecule has 1 unspecified atom stereocenters. The smallest absolute Gasteiger partial charge is 0.422 e. The molecular weight excluding hydrogens is 129 g/mol. The Morgan fingerprint density at radius 1 is 1.88 bits per heavy atom. The number of nitrogens with two attached hydrogens (primary N) is 1. The van der Waals surface area contributed by atoms with Crippen LogP contribution < -0.4 is 5.50 Å². The van der Waals surface area contributed by atoms with Crippen LogP contribution in [0.4, 0.5) is 0 Å². The highest BCUT2D eigenvalue weighted by atomic mass is 31.2. The lowest BCUT2D eigenvalue weighted by Crippen LogP contribution is -1.92. The van der Waals surface area contributed by atoms with Gasteiger partial charge in [0.15, 0.2) is 0 Å². The molecule has 0 saturated heterocycles. The normalized spacial score (nSPS) is 18.4. The van der Waals surface area contributed by atoms with Gasteiger partial charge < -0.3 is 9.42 Å². The quantitative estimate of drug-likeness (QED) is 0.431. The molecule has 0 aliphatic rings. The lowest BCUT2D eigenvalue weighted by atomic mass is 10.8. The van der Waals surface area contributed by atoms with Gasteiger partial charge >= 0.3 is 7.75 Å². The fourth-order valence-electron chi connectivity index (χ4n) is 0.148. The molecule has 4 nitrogen and oxygen atoms in total. The third-order valence-electron chi connectivity index (χ3n) is 0.348. The van der Waals surface area contributed by atoms with Gasteiger partial charge in [-0.25, -0.2) is 10.1 Å². The monoisotopic (exact) mass is 137 g/mol. The van der Waals surface area contributed by atoms with E-state index in [1.807, 2.05) is 0 Å². The molecule has 0 heterocycles. The largest absolute Gasteiger partial charge is 0.452 e. The van der Waals surface area contributed by atoms with Crippen LogP contribution in [0.3, 0.4) is 0 Å². The van der Waals surface area contributed by atoms with Crippen molar-refractivity contribution < 1.29 is 14.0 Å². The van der Waals surface area contributed by atoms with E-state index in [-0.39, 0.29) is 0 Å². The standard InChI is InChI=1S/C3H8NO3P/c1-2-3-7-8(4,5)6/h2-3H,1H3,(H3,4,5,6). The molecule has 3 N–H and O–H groups in total. The molecule has 0 saturated carbocycles. The molecule has 0 rings (SSSR count). The van der Waals surface area contributed by atoms with E-state index in [1.54, 1.807) is 6.92 Å². The highest BCUT2D eigenvalue weighted by Crippen LogP contribution is 2.30. The minimum absolute atomic E-state index is 1.07. The zero-order chi connectivity index (χ0) is 6.62. The molecule has 8 heavy (non-hydrogen) atoms. The van der Waals surface area contributed by atoms with Crippen molar-refractivity contribution >= 4 is 7.75 Å². The van der Waals surface area contributed by atoms with Crippen LogP contribution in [0.1, 0.15) is 6.92 Å². The topological polar surface area (TPSA) is 72.5 Å². The SMILES string of the molecule is CC=COP(N)(=O)O. The Labute approximate surface area is 47.5 Å². The molecule has 48 valence electrons. The van der Waals surface area contributed by atoms with Crippen molar-refractivity contribution in [2.75, 3.05) is 0 Å². The molecule has 0 aromatic carbocycles. The maximum absolute atomic E-state index is 10.0. The first-order valence-electron chi connectivity index (χ1n) is 1.97. The summed E-state index contributed by atoms with van der Waals surface area (Å²) >= 11 is 0. The fraction of sp³-hybridized carbons (Fsp3) is 0.333. The summed E-state index contributed by atoms with van der Waals surface area (Å²) in [7, 11) is -3.77. The van der Waals surface area contributed by atoms with Gasteiger partial charge in [0.1, 0.15) is 0 Å². The van der Waals surface area contributed by atoms with Crippen molar-refractivity contribution in [2.24, 2.45) is 5.50 Å². The summed E-state index contributed by atoms with van der Waals surface area (Å²) in [5.74, 6) is 0. The number of rotatable bonds is 2. The summed E-state index contributed by atoms with van der Waals surface area (Å²) in [6.45, 7) is 1.65. The van der Waals surface area contributed by atoms with Crippen LogP contribution >= 0.6 is 7.75 Å². The van der Waals surface area contributed by atoms with E-state index in [2.05, 4.69) is 10.0 Å². The second-order valence-electron chi connectivity index (χ2n) is 1.14. The average Bonchev–Trinajstić information content (AvgIpc) is 1.59. The van der Waals surface area contributed by atoms with Crippen molar-refractivity contribution in [1.29, 1.82) is 0 Å². The molecule has 0 aromatic heterocycles.